The highest BCUT2D eigenvalue weighted by molar-refractivity contribution is 5.93. The number of benzene rings is 2. The number of hydrogen-bond acceptors (Lipinski definition) is 2. The highest BCUT2D eigenvalue weighted by Gasteiger charge is 2.13. The van der Waals surface area contributed by atoms with E-state index in [0.717, 1.165) is 27.3 Å². The molecular formula is C20H24N3O+. The van der Waals surface area contributed by atoms with Gasteiger partial charge in [0.05, 0.1) is 18.7 Å². The fraction of sp³-hybridized carbons (Fsp3) is 0.300. The summed E-state index contributed by atoms with van der Waals surface area (Å²) in [4.78, 5) is 13.4. The molecule has 4 heteroatoms. The standard InChI is InChI=1S/C20H23N3O/c1-14-8-15(2)20(16(3)9-14)22-19(24)13-23(4)12-18-7-5-6-17(10-18)11-21/h5-10H,12-13H2,1-4H3,(H,22,24)/p+1. The van der Waals surface area contributed by atoms with Crippen LogP contribution in [0.4, 0.5) is 5.69 Å². The van der Waals surface area contributed by atoms with E-state index in [1.54, 1.807) is 6.07 Å². The molecule has 0 aliphatic carbocycles. The molecule has 1 atom stereocenters. The van der Waals surface area contributed by atoms with Gasteiger partial charge in [-0.2, -0.15) is 5.26 Å². The van der Waals surface area contributed by atoms with Crippen LogP contribution in [0.25, 0.3) is 0 Å². The van der Waals surface area contributed by atoms with Crippen LogP contribution in [-0.4, -0.2) is 19.5 Å². The maximum absolute atomic E-state index is 12.3. The average Bonchev–Trinajstić information content (AvgIpc) is 2.50. The second-order valence-electron chi connectivity index (χ2n) is 6.44. The SMILES string of the molecule is Cc1cc(C)c(NC(=O)C[NH+](C)Cc2cccc(C#N)c2)c(C)c1. The van der Waals surface area contributed by atoms with Gasteiger partial charge in [-0.25, -0.2) is 0 Å². The average molecular weight is 322 g/mol. The number of anilines is 1. The number of likely N-dealkylation sites (N-methyl/N-ethyl adjacent to an activating group) is 1. The summed E-state index contributed by atoms with van der Waals surface area (Å²) < 4.78 is 0. The van der Waals surface area contributed by atoms with Gasteiger partial charge >= 0.3 is 0 Å². The molecule has 0 saturated carbocycles. The Hall–Kier alpha value is -2.64. The molecule has 124 valence electrons. The lowest BCUT2D eigenvalue weighted by Crippen LogP contribution is -3.08. The molecule has 4 nitrogen and oxygen atoms in total. The van der Waals surface area contributed by atoms with Gasteiger partial charge in [0.15, 0.2) is 6.54 Å². The second kappa shape index (κ2) is 7.76. The molecule has 0 aromatic heterocycles. The van der Waals surface area contributed by atoms with Crippen LogP contribution in [0.5, 0.6) is 0 Å². The monoisotopic (exact) mass is 322 g/mol. The molecule has 2 aromatic rings. The number of carbonyl (C=O) groups excluding carboxylic acids is 1. The van der Waals surface area contributed by atoms with Crippen molar-refractivity contribution < 1.29 is 9.69 Å². The minimum atomic E-state index is -0.000934. The van der Waals surface area contributed by atoms with Gasteiger partial charge in [0, 0.05) is 11.3 Å². The number of carbonyl (C=O) groups is 1. The number of nitrogens with one attached hydrogen (secondary N) is 2. The summed E-state index contributed by atoms with van der Waals surface area (Å²) in [6.45, 7) is 7.16. The molecule has 0 spiro atoms. The summed E-state index contributed by atoms with van der Waals surface area (Å²) in [6, 6.07) is 13.8. The first-order valence-electron chi connectivity index (χ1n) is 8.07. The minimum Gasteiger partial charge on any atom is -0.326 e. The zero-order valence-corrected chi connectivity index (χ0v) is 14.7. The van der Waals surface area contributed by atoms with Gasteiger partial charge in [0.1, 0.15) is 6.54 Å². The van der Waals surface area contributed by atoms with Crippen molar-refractivity contribution in [3.05, 3.63) is 64.2 Å². The fourth-order valence-corrected chi connectivity index (χ4v) is 3.00. The van der Waals surface area contributed by atoms with Crippen LogP contribution in [0.2, 0.25) is 0 Å². The Balaban J connectivity index is 1.98. The number of nitrogens with zero attached hydrogens (tertiary/aromatic N) is 1. The third-order valence-corrected chi connectivity index (χ3v) is 3.97. The van der Waals surface area contributed by atoms with Crippen LogP contribution < -0.4 is 10.2 Å². The van der Waals surface area contributed by atoms with Gasteiger partial charge in [-0.1, -0.05) is 29.8 Å². The van der Waals surface area contributed by atoms with E-state index < -0.39 is 0 Å². The normalized spacial score (nSPS) is 11.6. The molecule has 2 rings (SSSR count). The molecule has 1 unspecified atom stereocenters. The third kappa shape index (κ3) is 4.68. The summed E-state index contributed by atoms with van der Waals surface area (Å²) >= 11 is 0. The van der Waals surface area contributed by atoms with E-state index in [1.165, 1.54) is 5.56 Å². The highest BCUT2D eigenvalue weighted by atomic mass is 16.2. The minimum absolute atomic E-state index is 0.000934. The lowest BCUT2D eigenvalue weighted by molar-refractivity contribution is -0.885. The third-order valence-electron chi connectivity index (χ3n) is 3.97. The Morgan fingerprint density at radius 2 is 1.83 bits per heavy atom. The molecular weight excluding hydrogens is 298 g/mol. The fourth-order valence-electron chi connectivity index (χ4n) is 3.00. The summed E-state index contributed by atoms with van der Waals surface area (Å²) in [5.41, 5.74) is 5.98. The number of rotatable bonds is 5. The maximum Gasteiger partial charge on any atom is 0.279 e. The Bertz CT molecular complexity index is 767. The first-order chi connectivity index (χ1) is 11.4. The highest BCUT2D eigenvalue weighted by Crippen LogP contribution is 2.21. The van der Waals surface area contributed by atoms with Crippen molar-refractivity contribution in [1.82, 2.24) is 0 Å². The van der Waals surface area contributed by atoms with Crippen molar-refractivity contribution >= 4 is 11.6 Å². The number of quaternary nitrogens is 1. The van der Waals surface area contributed by atoms with Crippen molar-refractivity contribution in [2.75, 3.05) is 18.9 Å². The van der Waals surface area contributed by atoms with Crippen molar-refractivity contribution in [3.63, 3.8) is 0 Å². The van der Waals surface area contributed by atoms with E-state index in [1.807, 2.05) is 39.1 Å². The van der Waals surface area contributed by atoms with E-state index in [-0.39, 0.29) is 5.91 Å². The van der Waals surface area contributed by atoms with Gasteiger partial charge in [0.25, 0.3) is 5.91 Å². The molecule has 0 radical (unpaired) electrons. The van der Waals surface area contributed by atoms with Crippen LogP contribution in [-0.2, 0) is 11.3 Å². The Morgan fingerprint density at radius 3 is 2.46 bits per heavy atom. The molecule has 2 N–H and O–H groups in total. The first kappa shape index (κ1) is 17.7. The zero-order valence-electron chi connectivity index (χ0n) is 14.7. The Morgan fingerprint density at radius 1 is 1.17 bits per heavy atom. The van der Waals surface area contributed by atoms with Crippen LogP contribution in [0, 0.1) is 32.1 Å². The van der Waals surface area contributed by atoms with Gasteiger partial charge < -0.3 is 10.2 Å². The lowest BCUT2D eigenvalue weighted by Gasteiger charge is -2.16. The molecule has 0 aliphatic rings. The lowest BCUT2D eigenvalue weighted by atomic mass is 10.1. The second-order valence-corrected chi connectivity index (χ2v) is 6.44. The molecule has 0 saturated heterocycles. The summed E-state index contributed by atoms with van der Waals surface area (Å²) in [5.74, 6) is -0.000934. The van der Waals surface area contributed by atoms with Crippen LogP contribution >= 0.6 is 0 Å². The topological polar surface area (TPSA) is 57.3 Å². The number of hydrogen-bond donors (Lipinski definition) is 2. The van der Waals surface area contributed by atoms with E-state index in [4.69, 9.17) is 5.26 Å². The van der Waals surface area contributed by atoms with E-state index >= 15 is 0 Å². The first-order valence-corrected chi connectivity index (χ1v) is 8.07. The number of nitriles is 1. The summed E-state index contributed by atoms with van der Waals surface area (Å²) in [6.07, 6.45) is 0. The van der Waals surface area contributed by atoms with Crippen LogP contribution in [0.3, 0.4) is 0 Å². The molecule has 24 heavy (non-hydrogen) atoms. The van der Waals surface area contributed by atoms with Crippen LogP contribution in [0.15, 0.2) is 36.4 Å². The molecule has 0 fully saturated rings. The van der Waals surface area contributed by atoms with Gasteiger partial charge in [0.2, 0.25) is 0 Å². The van der Waals surface area contributed by atoms with Gasteiger partial charge in [-0.15, -0.1) is 0 Å². The maximum atomic E-state index is 12.3. The quantitative estimate of drug-likeness (QED) is 0.886. The molecule has 0 heterocycles. The molecule has 2 aromatic carbocycles. The van der Waals surface area contributed by atoms with E-state index in [2.05, 4.69) is 30.4 Å². The zero-order chi connectivity index (χ0) is 17.7. The predicted molar refractivity (Wildman–Crippen MR) is 95.9 cm³/mol. The van der Waals surface area contributed by atoms with E-state index in [9.17, 15) is 4.79 Å². The molecule has 0 aliphatic heterocycles. The number of aryl methyl sites for hydroxylation is 3. The van der Waals surface area contributed by atoms with E-state index in [0.29, 0.717) is 18.7 Å². The predicted octanol–water partition coefficient (Wildman–Crippen LogP) is 2.14. The molecule has 1 amide bonds. The largest absolute Gasteiger partial charge is 0.326 e. The Kier molecular flexibility index (Phi) is 5.73. The summed E-state index contributed by atoms with van der Waals surface area (Å²) in [7, 11) is 1.98. The van der Waals surface area contributed by atoms with Crippen molar-refractivity contribution in [2.24, 2.45) is 0 Å². The smallest absolute Gasteiger partial charge is 0.279 e. The van der Waals surface area contributed by atoms with Crippen LogP contribution in [0.1, 0.15) is 27.8 Å². The van der Waals surface area contributed by atoms with Crippen molar-refractivity contribution in [1.29, 1.82) is 5.26 Å². The molecule has 0 bridgehead atoms. The summed E-state index contributed by atoms with van der Waals surface area (Å²) in [5, 5.41) is 12.0. The van der Waals surface area contributed by atoms with Gasteiger partial charge in [-0.05, 0) is 44.0 Å². The Labute approximate surface area is 143 Å². The van der Waals surface area contributed by atoms with Crippen molar-refractivity contribution in [3.8, 4) is 6.07 Å². The van der Waals surface area contributed by atoms with Gasteiger partial charge in [-0.3, -0.25) is 4.79 Å². The number of amides is 1. The van der Waals surface area contributed by atoms with Crippen molar-refractivity contribution in [2.45, 2.75) is 27.3 Å².